The second-order valence-corrected chi connectivity index (χ2v) is 6.10. The molecule has 0 spiro atoms. The predicted molar refractivity (Wildman–Crippen MR) is 89.6 cm³/mol. The van der Waals surface area contributed by atoms with Gasteiger partial charge in [-0.25, -0.2) is 0 Å². The molecule has 1 unspecified atom stereocenters. The topological polar surface area (TPSA) is 74.3 Å². The van der Waals surface area contributed by atoms with Crippen molar-refractivity contribution in [3.8, 4) is 17.2 Å². The Kier molecular flexibility index (Phi) is 6.19. The van der Waals surface area contributed by atoms with Crippen molar-refractivity contribution in [3.63, 3.8) is 0 Å². The molecule has 1 atom stereocenters. The molecule has 0 bridgehead atoms. The number of ether oxygens (including phenoxy) is 4. The third-order valence-corrected chi connectivity index (χ3v) is 4.98. The fraction of sp³-hybridized carbons (Fsp3) is 0.500. The second kappa shape index (κ2) is 8.14. The Morgan fingerprint density at radius 2 is 1.79 bits per heavy atom. The molecule has 0 aromatic heterocycles. The average Bonchev–Trinajstić information content (AvgIpc) is 2.98. The lowest BCUT2D eigenvalue weighted by Crippen LogP contribution is -2.30. The van der Waals surface area contributed by atoms with Crippen LogP contribution in [-0.2, 0) is 14.3 Å². The molecule has 1 aromatic rings. The minimum Gasteiger partial charge on any atom is -0.493 e. The molecule has 0 N–H and O–H groups in total. The van der Waals surface area contributed by atoms with Crippen LogP contribution in [0.25, 0.3) is 0 Å². The van der Waals surface area contributed by atoms with Crippen molar-refractivity contribution in [1.29, 1.82) is 0 Å². The van der Waals surface area contributed by atoms with Gasteiger partial charge in [-0.05, 0) is 17.7 Å². The molecular weight excluding hydrogens is 334 g/mol. The molecule has 7 nitrogen and oxygen atoms in total. The number of thioether (sulfide) groups is 1. The van der Waals surface area contributed by atoms with Gasteiger partial charge >= 0.3 is 5.97 Å². The van der Waals surface area contributed by atoms with Gasteiger partial charge in [0.2, 0.25) is 11.7 Å². The number of benzene rings is 1. The van der Waals surface area contributed by atoms with Crippen LogP contribution >= 0.6 is 11.8 Å². The van der Waals surface area contributed by atoms with E-state index in [0.717, 1.165) is 5.56 Å². The number of carbonyl (C=O) groups is 2. The van der Waals surface area contributed by atoms with Crippen LogP contribution in [0.4, 0.5) is 0 Å². The van der Waals surface area contributed by atoms with Crippen LogP contribution in [-0.4, -0.2) is 57.5 Å². The van der Waals surface area contributed by atoms with Gasteiger partial charge in [-0.15, -0.1) is 11.8 Å². The van der Waals surface area contributed by atoms with E-state index in [1.54, 1.807) is 19.1 Å². The van der Waals surface area contributed by atoms with E-state index in [4.69, 9.17) is 14.2 Å². The first-order valence-electron chi connectivity index (χ1n) is 7.33. The fourth-order valence-electron chi connectivity index (χ4n) is 2.53. The summed E-state index contributed by atoms with van der Waals surface area (Å²) in [6, 6.07) is 3.64. The molecule has 1 amide bonds. The summed E-state index contributed by atoms with van der Waals surface area (Å²) in [4.78, 5) is 25.2. The van der Waals surface area contributed by atoms with Crippen LogP contribution in [0.15, 0.2) is 12.1 Å². The van der Waals surface area contributed by atoms with Gasteiger partial charge in [0.15, 0.2) is 11.5 Å². The quantitative estimate of drug-likeness (QED) is 0.691. The normalized spacial score (nSPS) is 16.9. The summed E-state index contributed by atoms with van der Waals surface area (Å²) in [5.41, 5.74) is 0.852. The highest BCUT2D eigenvalue weighted by Crippen LogP contribution is 2.45. The maximum atomic E-state index is 12.2. The first-order chi connectivity index (χ1) is 11.5. The zero-order valence-corrected chi connectivity index (χ0v) is 15.0. The molecule has 2 rings (SSSR count). The van der Waals surface area contributed by atoms with Crippen molar-refractivity contribution in [2.75, 3.05) is 40.7 Å². The smallest absolute Gasteiger partial charge is 0.307 e. The van der Waals surface area contributed by atoms with Crippen molar-refractivity contribution in [2.24, 2.45) is 0 Å². The zero-order valence-electron chi connectivity index (χ0n) is 14.2. The van der Waals surface area contributed by atoms with Crippen LogP contribution < -0.4 is 14.2 Å². The van der Waals surface area contributed by atoms with Gasteiger partial charge in [0.05, 0.1) is 40.6 Å². The number of rotatable bonds is 7. The summed E-state index contributed by atoms with van der Waals surface area (Å²) in [7, 11) is 5.96. The summed E-state index contributed by atoms with van der Waals surface area (Å²) in [5, 5.41) is -0.212. The van der Waals surface area contributed by atoms with Crippen LogP contribution in [0, 0.1) is 0 Å². The van der Waals surface area contributed by atoms with E-state index in [9.17, 15) is 9.59 Å². The van der Waals surface area contributed by atoms with Crippen LogP contribution in [0.2, 0.25) is 0 Å². The van der Waals surface area contributed by atoms with Gasteiger partial charge in [0.1, 0.15) is 5.37 Å². The zero-order chi connectivity index (χ0) is 17.7. The first-order valence-corrected chi connectivity index (χ1v) is 8.38. The molecule has 1 aliphatic heterocycles. The summed E-state index contributed by atoms with van der Waals surface area (Å²) in [6.45, 7) is 0.305. The molecule has 8 heteroatoms. The van der Waals surface area contributed by atoms with Crippen LogP contribution in [0.3, 0.4) is 0 Å². The molecule has 1 aliphatic rings. The minimum atomic E-state index is -0.344. The van der Waals surface area contributed by atoms with Crippen molar-refractivity contribution in [2.45, 2.75) is 11.8 Å². The van der Waals surface area contributed by atoms with Gasteiger partial charge in [-0.1, -0.05) is 0 Å². The van der Waals surface area contributed by atoms with Crippen molar-refractivity contribution >= 4 is 23.6 Å². The molecule has 0 aliphatic carbocycles. The Balaban J connectivity index is 2.31. The Bertz CT molecular complexity index is 596. The van der Waals surface area contributed by atoms with E-state index < -0.39 is 0 Å². The fourth-order valence-corrected chi connectivity index (χ4v) is 3.73. The largest absolute Gasteiger partial charge is 0.493 e. The average molecular weight is 355 g/mol. The third kappa shape index (κ3) is 3.69. The molecule has 1 aromatic carbocycles. The maximum absolute atomic E-state index is 12.2. The number of nitrogens with zero attached hydrogens (tertiary/aromatic N) is 1. The summed E-state index contributed by atoms with van der Waals surface area (Å²) >= 11 is 1.50. The lowest BCUT2D eigenvalue weighted by atomic mass is 10.1. The molecule has 0 saturated carbocycles. The van der Waals surface area contributed by atoms with Gasteiger partial charge in [0.25, 0.3) is 0 Å². The monoisotopic (exact) mass is 355 g/mol. The molecule has 0 radical (unpaired) electrons. The highest BCUT2D eigenvalue weighted by atomic mass is 32.2. The predicted octanol–water partition coefficient (Wildman–Crippen LogP) is 1.85. The van der Waals surface area contributed by atoms with E-state index in [-0.39, 0.29) is 23.7 Å². The number of esters is 1. The van der Waals surface area contributed by atoms with Crippen molar-refractivity contribution < 1.29 is 28.5 Å². The number of amides is 1. The van der Waals surface area contributed by atoms with Crippen LogP contribution in [0.5, 0.6) is 17.2 Å². The molecular formula is C16H21NO6S. The summed E-state index contributed by atoms with van der Waals surface area (Å²) < 4.78 is 20.7. The van der Waals surface area contributed by atoms with Crippen molar-refractivity contribution in [3.05, 3.63) is 17.7 Å². The third-order valence-electron chi connectivity index (χ3n) is 3.72. The van der Waals surface area contributed by atoms with E-state index in [0.29, 0.717) is 29.5 Å². The second-order valence-electron chi connectivity index (χ2n) is 5.04. The number of hydrogen-bond acceptors (Lipinski definition) is 7. The standard InChI is InChI=1S/C16H21NO6S/c1-20-11-7-10(8-12(21-2)15(11)23-4)16-17(13(18)9-24-16)6-5-14(19)22-3/h7-8,16H,5-6,9H2,1-4H3. The Morgan fingerprint density at radius 3 is 2.29 bits per heavy atom. The van der Waals surface area contributed by atoms with E-state index in [1.165, 1.54) is 26.0 Å². The Hall–Kier alpha value is -2.09. The molecule has 1 saturated heterocycles. The van der Waals surface area contributed by atoms with E-state index in [1.807, 2.05) is 12.1 Å². The van der Waals surface area contributed by atoms with Gasteiger partial charge in [0, 0.05) is 6.54 Å². The van der Waals surface area contributed by atoms with Crippen LogP contribution in [0.1, 0.15) is 17.4 Å². The lowest BCUT2D eigenvalue weighted by Gasteiger charge is -2.25. The number of carbonyl (C=O) groups excluding carboxylic acids is 2. The Labute approximate surface area is 145 Å². The highest BCUT2D eigenvalue weighted by Gasteiger charge is 2.34. The molecule has 24 heavy (non-hydrogen) atoms. The minimum absolute atomic E-state index is 0.0114. The summed E-state index contributed by atoms with van der Waals surface area (Å²) in [6.07, 6.45) is 0.156. The SMILES string of the molecule is COC(=O)CCN1C(=O)CSC1c1cc(OC)c(OC)c(OC)c1. The Morgan fingerprint density at radius 1 is 1.17 bits per heavy atom. The molecule has 1 fully saturated rings. The van der Waals surface area contributed by atoms with E-state index in [2.05, 4.69) is 4.74 Å². The van der Waals surface area contributed by atoms with E-state index >= 15 is 0 Å². The maximum Gasteiger partial charge on any atom is 0.307 e. The van der Waals surface area contributed by atoms with Crippen molar-refractivity contribution in [1.82, 2.24) is 4.90 Å². The molecule has 132 valence electrons. The summed E-state index contributed by atoms with van der Waals surface area (Å²) in [5.74, 6) is 1.56. The highest BCUT2D eigenvalue weighted by molar-refractivity contribution is 8.00. The number of hydrogen-bond donors (Lipinski definition) is 0. The first kappa shape index (κ1) is 18.3. The number of methoxy groups -OCH3 is 4. The van der Waals surface area contributed by atoms with Gasteiger partial charge < -0.3 is 23.8 Å². The van der Waals surface area contributed by atoms with Gasteiger partial charge in [-0.3, -0.25) is 9.59 Å². The lowest BCUT2D eigenvalue weighted by molar-refractivity contribution is -0.141. The van der Waals surface area contributed by atoms with Gasteiger partial charge in [-0.2, -0.15) is 0 Å². The molecule has 1 heterocycles.